The minimum Gasteiger partial charge on any atom is -0.504 e. The summed E-state index contributed by atoms with van der Waals surface area (Å²) in [7, 11) is 0. The Labute approximate surface area is 71.8 Å². The highest BCUT2D eigenvalue weighted by molar-refractivity contribution is 5.77. The van der Waals surface area contributed by atoms with Crippen LogP contribution in [0.2, 0.25) is 0 Å². The summed E-state index contributed by atoms with van der Waals surface area (Å²) in [5, 5.41) is 17.2. The zero-order valence-corrected chi connectivity index (χ0v) is 6.21. The van der Waals surface area contributed by atoms with Gasteiger partial charge in [0.15, 0.2) is 17.9 Å². The molecule has 5 heteroatoms. The van der Waals surface area contributed by atoms with Crippen LogP contribution in [-0.2, 0) is 0 Å². The number of nitriles is 1. The van der Waals surface area contributed by atoms with Gasteiger partial charge in [-0.25, -0.2) is 4.39 Å². The highest BCUT2D eigenvalue weighted by Crippen LogP contribution is 2.24. The minimum atomic E-state index is -1.58. The predicted molar refractivity (Wildman–Crippen MR) is 38.1 cm³/mol. The second-order valence-electron chi connectivity index (χ2n) is 2.22. The molecule has 1 N–H and O–H groups in total. The predicted octanol–water partition coefficient (Wildman–Crippen LogP) is 1.35. The zero-order valence-electron chi connectivity index (χ0n) is 6.21. The number of hydrogen-bond donors (Lipinski definition) is 1. The molecule has 1 aromatic rings. The molecule has 0 saturated carbocycles. The van der Waals surface area contributed by atoms with E-state index in [0.717, 1.165) is 6.07 Å². The first-order valence-corrected chi connectivity index (χ1v) is 3.18. The number of carbonyl (C=O) groups excluding carboxylic acids is 1. The summed E-state index contributed by atoms with van der Waals surface area (Å²) in [6.07, 6.45) is 0.0681. The van der Waals surface area contributed by atoms with Crippen LogP contribution >= 0.6 is 0 Å². The fourth-order valence-corrected chi connectivity index (χ4v) is 0.807. The lowest BCUT2D eigenvalue weighted by Crippen LogP contribution is -1.95. The van der Waals surface area contributed by atoms with Gasteiger partial charge in [0.05, 0.1) is 11.1 Å². The van der Waals surface area contributed by atoms with Crippen LogP contribution in [0.4, 0.5) is 8.78 Å². The van der Waals surface area contributed by atoms with E-state index in [2.05, 4.69) is 0 Å². The zero-order chi connectivity index (χ0) is 10.0. The summed E-state index contributed by atoms with van der Waals surface area (Å²) in [4.78, 5) is 10.2. The molecule has 0 unspecified atom stereocenters. The van der Waals surface area contributed by atoms with Crippen molar-refractivity contribution in [2.75, 3.05) is 0 Å². The third kappa shape index (κ3) is 1.34. The molecule has 0 aliphatic rings. The first kappa shape index (κ1) is 9.13. The van der Waals surface area contributed by atoms with Gasteiger partial charge in [-0.1, -0.05) is 0 Å². The first-order valence-electron chi connectivity index (χ1n) is 3.18. The fraction of sp³-hybridized carbons (Fsp3) is 0. The van der Waals surface area contributed by atoms with E-state index in [1.54, 1.807) is 0 Å². The Morgan fingerprint density at radius 3 is 2.54 bits per heavy atom. The van der Waals surface area contributed by atoms with Crippen molar-refractivity contribution in [1.29, 1.82) is 5.26 Å². The van der Waals surface area contributed by atoms with Crippen LogP contribution in [0.25, 0.3) is 0 Å². The molecular weight excluding hydrogens is 180 g/mol. The monoisotopic (exact) mass is 183 g/mol. The molecule has 0 aliphatic heterocycles. The molecule has 0 amide bonds. The third-order valence-corrected chi connectivity index (χ3v) is 1.46. The number of aromatic hydroxyl groups is 1. The van der Waals surface area contributed by atoms with Gasteiger partial charge in [-0.05, 0) is 6.07 Å². The molecule has 0 radical (unpaired) electrons. The summed E-state index contributed by atoms with van der Waals surface area (Å²) in [6.45, 7) is 0. The SMILES string of the molecule is N#Cc1cc(C=O)c(F)c(F)c1O. The van der Waals surface area contributed by atoms with Crippen LogP contribution < -0.4 is 0 Å². The summed E-state index contributed by atoms with van der Waals surface area (Å²) in [6, 6.07) is 2.20. The van der Waals surface area contributed by atoms with Crippen LogP contribution in [0.15, 0.2) is 6.07 Å². The van der Waals surface area contributed by atoms with Gasteiger partial charge < -0.3 is 5.11 Å². The van der Waals surface area contributed by atoms with E-state index in [-0.39, 0.29) is 6.29 Å². The van der Waals surface area contributed by atoms with Crippen molar-refractivity contribution in [3.63, 3.8) is 0 Å². The van der Waals surface area contributed by atoms with E-state index in [1.165, 1.54) is 6.07 Å². The quantitative estimate of drug-likeness (QED) is 0.668. The van der Waals surface area contributed by atoms with Crippen LogP contribution in [0, 0.1) is 23.0 Å². The van der Waals surface area contributed by atoms with Gasteiger partial charge in [-0.3, -0.25) is 4.79 Å². The summed E-state index contributed by atoms with van der Waals surface area (Å²) >= 11 is 0. The Bertz CT molecular complexity index is 410. The number of rotatable bonds is 1. The number of benzene rings is 1. The number of nitrogens with zero attached hydrogens (tertiary/aromatic N) is 1. The second-order valence-corrected chi connectivity index (χ2v) is 2.22. The summed E-state index contributed by atoms with van der Waals surface area (Å²) < 4.78 is 25.4. The van der Waals surface area contributed by atoms with Crippen LogP contribution in [-0.4, -0.2) is 11.4 Å². The van der Waals surface area contributed by atoms with Crippen molar-refractivity contribution in [3.05, 3.63) is 28.8 Å². The molecule has 66 valence electrons. The first-order chi connectivity index (χ1) is 6.11. The van der Waals surface area contributed by atoms with E-state index >= 15 is 0 Å². The molecule has 0 bridgehead atoms. The average Bonchev–Trinajstić information content (AvgIpc) is 2.15. The largest absolute Gasteiger partial charge is 0.504 e. The lowest BCUT2D eigenvalue weighted by molar-refractivity contribution is 0.111. The van der Waals surface area contributed by atoms with Gasteiger partial charge >= 0.3 is 0 Å². The molecular formula is C8H3F2NO2. The number of halogens is 2. The van der Waals surface area contributed by atoms with Crippen molar-refractivity contribution in [1.82, 2.24) is 0 Å². The molecule has 1 aromatic carbocycles. The highest BCUT2D eigenvalue weighted by atomic mass is 19.2. The maximum Gasteiger partial charge on any atom is 0.202 e. The van der Waals surface area contributed by atoms with E-state index in [9.17, 15) is 13.6 Å². The Hall–Kier alpha value is -1.96. The van der Waals surface area contributed by atoms with Crippen molar-refractivity contribution in [2.45, 2.75) is 0 Å². The molecule has 3 nitrogen and oxygen atoms in total. The van der Waals surface area contributed by atoms with E-state index in [1.807, 2.05) is 0 Å². The van der Waals surface area contributed by atoms with E-state index < -0.39 is 28.5 Å². The minimum absolute atomic E-state index is 0.0681. The van der Waals surface area contributed by atoms with Crippen LogP contribution in [0.5, 0.6) is 5.75 Å². The standard InChI is InChI=1S/C8H3F2NO2/c9-6-5(3-12)1-4(2-11)8(13)7(6)10/h1,3,13H. The van der Waals surface area contributed by atoms with Crippen molar-refractivity contribution in [2.24, 2.45) is 0 Å². The van der Waals surface area contributed by atoms with Crippen LogP contribution in [0.3, 0.4) is 0 Å². The number of phenols is 1. The normalized spacial score (nSPS) is 9.31. The lowest BCUT2D eigenvalue weighted by Gasteiger charge is -2.00. The fourth-order valence-electron chi connectivity index (χ4n) is 0.807. The molecule has 0 atom stereocenters. The van der Waals surface area contributed by atoms with Gasteiger partial charge in [0, 0.05) is 0 Å². The molecule has 0 fully saturated rings. The van der Waals surface area contributed by atoms with Crippen molar-refractivity contribution in [3.8, 4) is 11.8 Å². The van der Waals surface area contributed by atoms with E-state index in [4.69, 9.17) is 10.4 Å². The number of hydrogen-bond acceptors (Lipinski definition) is 3. The summed E-state index contributed by atoms with van der Waals surface area (Å²) in [5.41, 5.74) is -1.06. The smallest absolute Gasteiger partial charge is 0.202 e. The average molecular weight is 183 g/mol. The highest BCUT2D eigenvalue weighted by Gasteiger charge is 2.16. The number of aldehydes is 1. The van der Waals surface area contributed by atoms with Gasteiger partial charge in [0.25, 0.3) is 0 Å². The van der Waals surface area contributed by atoms with Gasteiger partial charge in [-0.15, -0.1) is 0 Å². The van der Waals surface area contributed by atoms with Gasteiger partial charge in [0.2, 0.25) is 5.82 Å². The van der Waals surface area contributed by atoms with Crippen molar-refractivity contribution < 1.29 is 18.7 Å². The van der Waals surface area contributed by atoms with Gasteiger partial charge in [-0.2, -0.15) is 9.65 Å². The maximum atomic E-state index is 12.7. The van der Waals surface area contributed by atoms with E-state index in [0.29, 0.717) is 0 Å². The van der Waals surface area contributed by atoms with Gasteiger partial charge in [0.1, 0.15) is 6.07 Å². The summed E-state index contributed by atoms with van der Waals surface area (Å²) in [5.74, 6) is -4.11. The van der Waals surface area contributed by atoms with Crippen LogP contribution in [0.1, 0.15) is 15.9 Å². The Morgan fingerprint density at radius 1 is 1.46 bits per heavy atom. The van der Waals surface area contributed by atoms with Crippen molar-refractivity contribution >= 4 is 6.29 Å². The Kier molecular flexibility index (Phi) is 2.24. The lowest BCUT2D eigenvalue weighted by atomic mass is 10.1. The maximum absolute atomic E-state index is 12.7. The molecule has 1 rings (SSSR count). The Balaban J connectivity index is 3.56. The molecule has 0 heterocycles. The molecule has 0 aliphatic carbocycles. The molecule has 0 aromatic heterocycles. The molecule has 0 spiro atoms. The number of phenolic OH excluding ortho intramolecular Hbond substituents is 1. The number of carbonyl (C=O) groups is 1. The third-order valence-electron chi connectivity index (χ3n) is 1.46. The topological polar surface area (TPSA) is 61.1 Å². The molecule has 13 heavy (non-hydrogen) atoms. The second kappa shape index (κ2) is 3.19. The molecule has 0 saturated heterocycles. The Morgan fingerprint density at radius 2 is 2.08 bits per heavy atom.